The zero-order chi connectivity index (χ0) is 18.5. The van der Waals surface area contributed by atoms with Gasteiger partial charge in [0.2, 0.25) is 0 Å². The van der Waals surface area contributed by atoms with Crippen molar-refractivity contribution in [1.29, 1.82) is 0 Å². The van der Waals surface area contributed by atoms with Crippen LogP contribution in [-0.2, 0) is 4.74 Å². The van der Waals surface area contributed by atoms with E-state index in [9.17, 15) is 9.59 Å². The molecule has 1 N–H and O–H groups in total. The molecule has 0 spiro atoms. The lowest BCUT2D eigenvalue weighted by molar-refractivity contribution is 0.0377. The van der Waals surface area contributed by atoms with Crippen LogP contribution in [0.25, 0.3) is 0 Å². The van der Waals surface area contributed by atoms with Crippen molar-refractivity contribution in [2.75, 3.05) is 12.0 Å². The third-order valence-electron chi connectivity index (χ3n) is 4.76. The highest BCUT2D eigenvalue weighted by Gasteiger charge is 2.50. The number of methoxy groups -OCH3 is 1. The number of anilines is 1. The monoisotopic (exact) mass is 372 g/mol. The van der Waals surface area contributed by atoms with E-state index in [4.69, 9.17) is 21.1 Å². The van der Waals surface area contributed by atoms with E-state index in [0.29, 0.717) is 28.4 Å². The molecule has 1 fully saturated rings. The molecule has 0 aromatic heterocycles. The van der Waals surface area contributed by atoms with Crippen LogP contribution in [-0.4, -0.2) is 24.8 Å². The molecule has 2 aliphatic rings. The summed E-state index contributed by atoms with van der Waals surface area (Å²) in [7, 11) is 1.33. The molecule has 0 unspecified atom stereocenters. The summed E-state index contributed by atoms with van der Waals surface area (Å²) in [6, 6.07) is 11.7. The van der Waals surface area contributed by atoms with Crippen molar-refractivity contribution in [3.63, 3.8) is 0 Å². The van der Waals surface area contributed by atoms with E-state index < -0.39 is 11.7 Å². The van der Waals surface area contributed by atoms with Gasteiger partial charge in [-0.3, -0.25) is 4.90 Å². The summed E-state index contributed by atoms with van der Waals surface area (Å²) in [6.45, 7) is 1.87. The molecule has 134 valence electrons. The molecule has 2 aliphatic heterocycles. The van der Waals surface area contributed by atoms with E-state index in [2.05, 4.69) is 5.32 Å². The number of carbonyl (C=O) groups is 2. The number of nitrogens with one attached hydrogen (secondary N) is 1. The third-order valence-corrected chi connectivity index (χ3v) is 4.99. The van der Waals surface area contributed by atoms with Gasteiger partial charge in [0.05, 0.1) is 24.4 Å². The molecule has 1 saturated heterocycles. The van der Waals surface area contributed by atoms with Crippen LogP contribution in [0.2, 0.25) is 5.02 Å². The Kier molecular flexibility index (Phi) is 3.80. The van der Waals surface area contributed by atoms with Crippen molar-refractivity contribution < 1.29 is 19.1 Å². The predicted molar refractivity (Wildman–Crippen MR) is 96.6 cm³/mol. The summed E-state index contributed by atoms with van der Waals surface area (Å²) < 4.78 is 11.0. The zero-order valence-electron chi connectivity index (χ0n) is 14.3. The van der Waals surface area contributed by atoms with E-state index in [0.717, 1.165) is 5.56 Å². The van der Waals surface area contributed by atoms with E-state index in [1.54, 1.807) is 41.3 Å². The highest BCUT2D eigenvalue weighted by Crippen LogP contribution is 2.46. The number of ether oxygens (including phenoxy) is 2. The molecule has 4 rings (SSSR count). The quantitative estimate of drug-likeness (QED) is 0.812. The highest BCUT2D eigenvalue weighted by atomic mass is 35.5. The zero-order valence-corrected chi connectivity index (χ0v) is 15.0. The Balaban J connectivity index is 1.76. The Labute approximate surface area is 155 Å². The van der Waals surface area contributed by atoms with Crippen molar-refractivity contribution in [1.82, 2.24) is 5.32 Å². The molecule has 2 bridgehead atoms. The normalized spacial score (nSPS) is 23.6. The molecule has 0 radical (unpaired) electrons. The fourth-order valence-electron chi connectivity index (χ4n) is 3.63. The van der Waals surface area contributed by atoms with Crippen LogP contribution in [0, 0.1) is 0 Å². The van der Waals surface area contributed by atoms with Crippen molar-refractivity contribution in [3.05, 3.63) is 58.6 Å². The minimum Gasteiger partial charge on any atom is -0.467 e. The second-order valence-electron chi connectivity index (χ2n) is 6.54. The van der Waals surface area contributed by atoms with Gasteiger partial charge in [-0.05, 0) is 43.3 Å². The Hall–Kier alpha value is -2.73. The standard InChI is InChI=1S/C19H17ClN2O4/c1-19-10-15(14-8-11(17(23)25-2)6-7-16(14)26-19)21-18(24)22(19)13-5-3-4-12(20)9-13/h3-9,15H,10H2,1-2H3,(H,21,24)/t15-,19+/m0/s1. The maximum atomic E-state index is 12.8. The van der Waals surface area contributed by atoms with E-state index >= 15 is 0 Å². The van der Waals surface area contributed by atoms with Gasteiger partial charge in [-0.15, -0.1) is 0 Å². The number of hydrogen-bond donors (Lipinski definition) is 1. The average Bonchev–Trinajstić information content (AvgIpc) is 2.60. The van der Waals surface area contributed by atoms with Crippen molar-refractivity contribution >= 4 is 29.3 Å². The van der Waals surface area contributed by atoms with Crippen molar-refractivity contribution in [3.8, 4) is 5.75 Å². The van der Waals surface area contributed by atoms with Crippen LogP contribution in [0.3, 0.4) is 0 Å². The fraction of sp³-hybridized carbons (Fsp3) is 0.263. The summed E-state index contributed by atoms with van der Waals surface area (Å²) in [5.41, 5.74) is 0.984. The molecule has 2 aromatic carbocycles. The number of carbonyl (C=O) groups excluding carboxylic acids is 2. The van der Waals surface area contributed by atoms with Crippen LogP contribution < -0.4 is 15.0 Å². The maximum absolute atomic E-state index is 12.8. The van der Waals surface area contributed by atoms with Gasteiger partial charge < -0.3 is 14.8 Å². The van der Waals surface area contributed by atoms with Gasteiger partial charge in [-0.1, -0.05) is 17.7 Å². The first-order valence-corrected chi connectivity index (χ1v) is 8.57. The molecular weight excluding hydrogens is 356 g/mol. The van der Waals surface area contributed by atoms with Gasteiger partial charge in [-0.25, -0.2) is 9.59 Å². The van der Waals surface area contributed by atoms with Crippen molar-refractivity contribution in [2.24, 2.45) is 0 Å². The van der Waals surface area contributed by atoms with Crippen LogP contribution in [0.5, 0.6) is 5.75 Å². The van der Waals surface area contributed by atoms with Crippen LogP contribution in [0.1, 0.15) is 35.3 Å². The molecule has 0 aliphatic carbocycles. The third kappa shape index (κ3) is 2.57. The number of nitrogens with zero attached hydrogens (tertiary/aromatic N) is 1. The van der Waals surface area contributed by atoms with Gasteiger partial charge >= 0.3 is 12.0 Å². The van der Waals surface area contributed by atoms with Crippen LogP contribution >= 0.6 is 11.6 Å². The summed E-state index contributed by atoms with van der Waals surface area (Å²) in [5.74, 6) is 0.201. The Morgan fingerprint density at radius 2 is 2.15 bits per heavy atom. The average molecular weight is 373 g/mol. The molecule has 6 nitrogen and oxygen atoms in total. The van der Waals surface area contributed by atoms with Gasteiger partial charge in [-0.2, -0.15) is 0 Å². The molecule has 26 heavy (non-hydrogen) atoms. The molecule has 7 heteroatoms. The number of amides is 2. The number of hydrogen-bond acceptors (Lipinski definition) is 4. The summed E-state index contributed by atoms with van der Waals surface area (Å²) >= 11 is 6.09. The fourth-order valence-corrected chi connectivity index (χ4v) is 3.81. The smallest absolute Gasteiger partial charge is 0.337 e. The number of halogens is 1. The summed E-state index contributed by atoms with van der Waals surface area (Å²) in [4.78, 5) is 26.2. The lowest BCUT2D eigenvalue weighted by Crippen LogP contribution is -2.65. The lowest BCUT2D eigenvalue weighted by Gasteiger charge is -2.50. The van der Waals surface area contributed by atoms with E-state index in [-0.39, 0.29) is 12.1 Å². The van der Waals surface area contributed by atoms with Crippen LogP contribution in [0.15, 0.2) is 42.5 Å². The largest absolute Gasteiger partial charge is 0.467 e. The van der Waals surface area contributed by atoms with E-state index in [1.165, 1.54) is 7.11 Å². The number of esters is 1. The van der Waals surface area contributed by atoms with Crippen LogP contribution in [0.4, 0.5) is 10.5 Å². The first-order chi connectivity index (χ1) is 12.4. The second-order valence-corrected chi connectivity index (χ2v) is 6.98. The van der Waals surface area contributed by atoms with Crippen molar-refractivity contribution in [2.45, 2.75) is 25.1 Å². The molecule has 0 saturated carbocycles. The molecule has 2 amide bonds. The Morgan fingerprint density at radius 3 is 2.88 bits per heavy atom. The van der Waals surface area contributed by atoms with Gasteiger partial charge in [0.1, 0.15) is 5.75 Å². The minimum atomic E-state index is -0.864. The molecule has 2 aromatic rings. The highest BCUT2D eigenvalue weighted by molar-refractivity contribution is 6.30. The molecule has 2 heterocycles. The number of fused-ring (bicyclic) bond motifs is 4. The summed E-state index contributed by atoms with van der Waals surface area (Å²) in [5, 5.41) is 3.53. The minimum absolute atomic E-state index is 0.253. The lowest BCUT2D eigenvalue weighted by atomic mass is 9.89. The number of urea groups is 1. The number of benzene rings is 2. The topological polar surface area (TPSA) is 67.9 Å². The Bertz CT molecular complexity index is 916. The van der Waals surface area contributed by atoms with Gasteiger partial charge in [0.25, 0.3) is 0 Å². The SMILES string of the molecule is COC(=O)c1ccc2c(c1)[C@@H]1C[C@@](C)(O2)N(c2cccc(Cl)c2)C(=O)N1. The predicted octanol–water partition coefficient (Wildman–Crippen LogP) is 3.90. The number of rotatable bonds is 2. The maximum Gasteiger partial charge on any atom is 0.337 e. The van der Waals surface area contributed by atoms with Gasteiger partial charge in [0.15, 0.2) is 5.72 Å². The van der Waals surface area contributed by atoms with E-state index in [1.807, 2.05) is 13.0 Å². The first kappa shape index (κ1) is 16.7. The second kappa shape index (κ2) is 5.92. The van der Waals surface area contributed by atoms with Gasteiger partial charge in [0, 0.05) is 17.0 Å². The Morgan fingerprint density at radius 1 is 1.35 bits per heavy atom. The molecule has 2 atom stereocenters. The first-order valence-electron chi connectivity index (χ1n) is 8.19. The summed E-state index contributed by atoms with van der Waals surface area (Å²) in [6.07, 6.45) is 0.531. The molecular formula is C19H17ClN2O4.